The van der Waals surface area contributed by atoms with Crippen LogP contribution in [0.1, 0.15) is 51.5 Å². The topological polar surface area (TPSA) is 29.3 Å². The van der Waals surface area contributed by atoms with E-state index in [-0.39, 0.29) is 6.04 Å². The highest BCUT2D eigenvalue weighted by atomic mass is 32.1. The van der Waals surface area contributed by atoms with Gasteiger partial charge in [0.15, 0.2) is 0 Å². The van der Waals surface area contributed by atoms with Gasteiger partial charge < -0.3 is 10.6 Å². The number of rotatable bonds is 9. The first-order chi connectivity index (χ1) is 8.99. The van der Waals surface area contributed by atoms with E-state index in [1.807, 2.05) is 0 Å². The summed E-state index contributed by atoms with van der Waals surface area (Å²) in [6, 6.07) is 4.41. The minimum absolute atomic E-state index is 0.166. The maximum absolute atomic E-state index is 6.32. The minimum Gasteiger partial charge on any atom is -0.322 e. The van der Waals surface area contributed by atoms with Crippen molar-refractivity contribution >= 4 is 11.3 Å². The summed E-state index contributed by atoms with van der Waals surface area (Å²) in [5.74, 6) is 1.53. The second kappa shape index (κ2) is 8.72. The summed E-state index contributed by atoms with van der Waals surface area (Å²) in [5, 5.41) is 2.11. The van der Waals surface area contributed by atoms with Crippen LogP contribution in [0.2, 0.25) is 0 Å². The molecule has 0 saturated carbocycles. The van der Waals surface area contributed by atoms with E-state index in [2.05, 4.69) is 50.1 Å². The Kier molecular flexibility index (Phi) is 7.66. The van der Waals surface area contributed by atoms with Crippen molar-refractivity contribution in [2.45, 2.75) is 46.6 Å². The lowest BCUT2D eigenvalue weighted by atomic mass is 10.1. The summed E-state index contributed by atoms with van der Waals surface area (Å²) in [5.41, 5.74) is 6.32. The third kappa shape index (κ3) is 7.09. The molecule has 0 aromatic carbocycles. The van der Waals surface area contributed by atoms with Gasteiger partial charge in [-0.3, -0.25) is 0 Å². The summed E-state index contributed by atoms with van der Waals surface area (Å²) in [6.07, 6.45) is 2.52. The summed E-state index contributed by atoms with van der Waals surface area (Å²) < 4.78 is 0. The molecule has 0 aliphatic carbocycles. The lowest BCUT2D eigenvalue weighted by Crippen LogP contribution is -2.34. The summed E-state index contributed by atoms with van der Waals surface area (Å²) >= 11 is 1.77. The Labute approximate surface area is 123 Å². The smallest absolute Gasteiger partial charge is 0.0519 e. The molecule has 0 spiro atoms. The summed E-state index contributed by atoms with van der Waals surface area (Å²) in [6.45, 7) is 12.5. The van der Waals surface area contributed by atoms with Crippen molar-refractivity contribution in [3.8, 4) is 0 Å². The number of hydrogen-bond acceptors (Lipinski definition) is 3. The van der Waals surface area contributed by atoms with Gasteiger partial charge in [0.1, 0.15) is 0 Å². The van der Waals surface area contributed by atoms with Gasteiger partial charge in [-0.2, -0.15) is 0 Å². The van der Waals surface area contributed by atoms with E-state index >= 15 is 0 Å². The van der Waals surface area contributed by atoms with Gasteiger partial charge in [0.05, 0.1) is 6.04 Å². The van der Waals surface area contributed by atoms with Crippen molar-refractivity contribution in [2.24, 2.45) is 17.6 Å². The predicted octanol–water partition coefficient (Wildman–Crippen LogP) is 4.14. The highest BCUT2D eigenvalue weighted by molar-refractivity contribution is 7.10. The van der Waals surface area contributed by atoms with Crippen molar-refractivity contribution in [3.05, 3.63) is 22.4 Å². The molecule has 0 radical (unpaired) electrons. The number of nitrogens with two attached hydrogens (primary N) is 1. The molecule has 2 N–H and O–H groups in total. The first kappa shape index (κ1) is 16.7. The van der Waals surface area contributed by atoms with Gasteiger partial charge in [0, 0.05) is 11.4 Å². The Bertz CT molecular complexity index is 307. The zero-order valence-electron chi connectivity index (χ0n) is 12.9. The molecule has 19 heavy (non-hydrogen) atoms. The highest BCUT2D eigenvalue weighted by Gasteiger charge is 2.14. The third-order valence-electron chi connectivity index (χ3n) is 3.41. The van der Waals surface area contributed by atoms with Gasteiger partial charge in [-0.25, -0.2) is 0 Å². The molecule has 1 aromatic heterocycles. The Morgan fingerprint density at radius 2 is 1.68 bits per heavy atom. The van der Waals surface area contributed by atoms with Crippen LogP contribution in [0, 0.1) is 11.8 Å². The standard InChI is InChI=1S/C16H30N2S/c1-13(2)7-9-18(10-8-14(3)4)12-15(17)16-6-5-11-19-16/h5-6,11,13-15H,7-10,12,17H2,1-4H3. The van der Waals surface area contributed by atoms with Crippen molar-refractivity contribution in [1.82, 2.24) is 4.90 Å². The fraction of sp³-hybridized carbons (Fsp3) is 0.750. The molecule has 1 unspecified atom stereocenters. The fourth-order valence-corrected chi connectivity index (χ4v) is 2.77. The first-order valence-electron chi connectivity index (χ1n) is 7.50. The molecule has 3 heteroatoms. The molecule has 1 aromatic rings. The molecule has 0 aliphatic heterocycles. The Hall–Kier alpha value is -0.380. The van der Waals surface area contributed by atoms with Crippen LogP contribution in [0.15, 0.2) is 17.5 Å². The van der Waals surface area contributed by atoms with Gasteiger partial charge in [-0.15, -0.1) is 11.3 Å². The Balaban J connectivity index is 2.47. The minimum atomic E-state index is 0.166. The Morgan fingerprint density at radius 3 is 2.11 bits per heavy atom. The molecule has 0 amide bonds. The molecular weight excluding hydrogens is 252 g/mol. The molecule has 0 aliphatic rings. The quantitative estimate of drug-likeness (QED) is 0.737. The average molecular weight is 282 g/mol. The molecular formula is C16H30N2S. The van der Waals surface area contributed by atoms with Gasteiger partial charge >= 0.3 is 0 Å². The SMILES string of the molecule is CC(C)CCN(CCC(C)C)CC(N)c1cccs1. The van der Waals surface area contributed by atoms with Crippen LogP contribution in [0.3, 0.4) is 0 Å². The second-order valence-electron chi connectivity index (χ2n) is 6.29. The molecule has 1 heterocycles. The molecule has 2 nitrogen and oxygen atoms in total. The van der Waals surface area contributed by atoms with Crippen LogP contribution in [0.25, 0.3) is 0 Å². The van der Waals surface area contributed by atoms with Gasteiger partial charge in [-0.1, -0.05) is 33.8 Å². The van der Waals surface area contributed by atoms with Crippen molar-refractivity contribution < 1.29 is 0 Å². The zero-order chi connectivity index (χ0) is 14.3. The normalized spacial score (nSPS) is 13.7. The molecule has 1 atom stereocenters. The summed E-state index contributed by atoms with van der Waals surface area (Å²) in [7, 11) is 0. The Morgan fingerprint density at radius 1 is 1.11 bits per heavy atom. The van der Waals surface area contributed by atoms with Crippen LogP contribution in [0.4, 0.5) is 0 Å². The molecule has 0 fully saturated rings. The maximum Gasteiger partial charge on any atom is 0.0519 e. The molecule has 110 valence electrons. The van der Waals surface area contributed by atoms with E-state index in [1.54, 1.807) is 11.3 Å². The lowest BCUT2D eigenvalue weighted by Gasteiger charge is -2.26. The number of thiophene rings is 1. The van der Waals surface area contributed by atoms with Crippen molar-refractivity contribution in [2.75, 3.05) is 19.6 Å². The monoisotopic (exact) mass is 282 g/mol. The predicted molar refractivity (Wildman–Crippen MR) is 86.6 cm³/mol. The lowest BCUT2D eigenvalue weighted by molar-refractivity contribution is 0.231. The van der Waals surface area contributed by atoms with E-state index in [4.69, 9.17) is 5.73 Å². The number of nitrogens with zero attached hydrogens (tertiary/aromatic N) is 1. The third-order valence-corrected chi connectivity index (χ3v) is 4.41. The molecule has 0 saturated heterocycles. The molecule has 1 rings (SSSR count). The van der Waals surface area contributed by atoms with Crippen LogP contribution >= 0.6 is 11.3 Å². The van der Waals surface area contributed by atoms with Gasteiger partial charge in [-0.05, 0) is 49.2 Å². The van der Waals surface area contributed by atoms with Crippen LogP contribution in [-0.4, -0.2) is 24.5 Å². The van der Waals surface area contributed by atoms with E-state index < -0.39 is 0 Å². The zero-order valence-corrected chi connectivity index (χ0v) is 13.7. The van der Waals surface area contributed by atoms with Crippen molar-refractivity contribution in [1.29, 1.82) is 0 Å². The van der Waals surface area contributed by atoms with Crippen LogP contribution in [0.5, 0.6) is 0 Å². The highest BCUT2D eigenvalue weighted by Crippen LogP contribution is 2.18. The van der Waals surface area contributed by atoms with Gasteiger partial charge in [0.25, 0.3) is 0 Å². The number of hydrogen-bond donors (Lipinski definition) is 1. The van der Waals surface area contributed by atoms with Crippen LogP contribution in [-0.2, 0) is 0 Å². The largest absolute Gasteiger partial charge is 0.322 e. The second-order valence-corrected chi connectivity index (χ2v) is 7.27. The van der Waals surface area contributed by atoms with Gasteiger partial charge in [0.2, 0.25) is 0 Å². The first-order valence-corrected chi connectivity index (χ1v) is 8.38. The fourth-order valence-electron chi connectivity index (χ4n) is 2.05. The van der Waals surface area contributed by atoms with Crippen molar-refractivity contribution in [3.63, 3.8) is 0 Å². The van der Waals surface area contributed by atoms with E-state index in [1.165, 1.54) is 30.8 Å². The van der Waals surface area contributed by atoms with E-state index in [0.29, 0.717) is 0 Å². The van der Waals surface area contributed by atoms with E-state index in [9.17, 15) is 0 Å². The van der Waals surface area contributed by atoms with E-state index in [0.717, 1.165) is 18.4 Å². The molecule has 0 bridgehead atoms. The van der Waals surface area contributed by atoms with Crippen LogP contribution < -0.4 is 5.73 Å². The summed E-state index contributed by atoms with van der Waals surface area (Å²) in [4.78, 5) is 3.85. The average Bonchev–Trinajstić information content (AvgIpc) is 2.85. The maximum atomic E-state index is 6.32.